The van der Waals surface area contributed by atoms with E-state index in [2.05, 4.69) is 5.32 Å². The lowest BCUT2D eigenvalue weighted by Crippen LogP contribution is -2.30. The van der Waals surface area contributed by atoms with Crippen LogP contribution in [0.2, 0.25) is 0 Å². The number of ether oxygens (including phenoxy) is 1. The number of hydrogen-bond donors (Lipinski definition) is 1. The van der Waals surface area contributed by atoms with Crippen LogP contribution in [-0.4, -0.2) is 43.5 Å². The lowest BCUT2D eigenvalue weighted by Gasteiger charge is -2.15. The Hall–Kier alpha value is -2.34. The van der Waals surface area contributed by atoms with Gasteiger partial charge in [-0.1, -0.05) is 12.1 Å². The van der Waals surface area contributed by atoms with Crippen molar-refractivity contribution in [1.82, 2.24) is 10.2 Å². The molecule has 0 bridgehead atoms. The molecular weight excluding hydrogens is 348 g/mol. The third-order valence-electron chi connectivity index (χ3n) is 4.60. The monoisotopic (exact) mass is 372 g/mol. The van der Waals surface area contributed by atoms with E-state index in [1.807, 2.05) is 42.2 Å². The fourth-order valence-electron chi connectivity index (χ4n) is 3.15. The van der Waals surface area contributed by atoms with E-state index in [9.17, 15) is 9.59 Å². The van der Waals surface area contributed by atoms with E-state index >= 15 is 0 Å². The van der Waals surface area contributed by atoms with Crippen LogP contribution in [0.5, 0.6) is 5.75 Å². The minimum atomic E-state index is -0.0504. The average Bonchev–Trinajstić information content (AvgIpc) is 3.24. The summed E-state index contributed by atoms with van der Waals surface area (Å²) >= 11 is 1.50. The summed E-state index contributed by atoms with van der Waals surface area (Å²) in [4.78, 5) is 27.7. The van der Waals surface area contributed by atoms with Gasteiger partial charge >= 0.3 is 0 Å². The second-order valence-corrected chi connectivity index (χ2v) is 7.66. The molecule has 1 aliphatic heterocycles. The predicted molar refractivity (Wildman–Crippen MR) is 104 cm³/mol. The minimum Gasteiger partial charge on any atom is -0.497 e. The van der Waals surface area contributed by atoms with Gasteiger partial charge < -0.3 is 15.0 Å². The Labute approximate surface area is 158 Å². The first-order valence-electron chi connectivity index (χ1n) is 8.89. The zero-order chi connectivity index (χ0) is 18.5. The van der Waals surface area contributed by atoms with Gasteiger partial charge in [0.25, 0.3) is 5.91 Å². The lowest BCUT2D eigenvalue weighted by atomic mass is 10.1. The van der Waals surface area contributed by atoms with E-state index in [4.69, 9.17) is 4.74 Å². The molecule has 1 fully saturated rings. The maximum Gasteiger partial charge on any atom is 0.261 e. The van der Waals surface area contributed by atoms with Crippen molar-refractivity contribution in [1.29, 1.82) is 0 Å². The van der Waals surface area contributed by atoms with Crippen molar-refractivity contribution in [3.05, 3.63) is 40.1 Å². The van der Waals surface area contributed by atoms with Crippen LogP contribution in [0.4, 0.5) is 0 Å². The van der Waals surface area contributed by atoms with E-state index in [0.29, 0.717) is 17.8 Å². The number of rotatable bonds is 7. The molecule has 3 rings (SSSR count). The standard InChI is InChI=1S/C20H24N2O3S/c1-14-17(15-6-8-16(25-2)9-7-15)13-18(26-14)20(24)21-10-4-12-22-11-3-5-19(22)23/h6-9,13H,3-5,10-12H2,1-2H3,(H,21,24). The van der Waals surface area contributed by atoms with Gasteiger partial charge in [-0.05, 0) is 49.1 Å². The number of benzene rings is 1. The highest BCUT2D eigenvalue weighted by Crippen LogP contribution is 2.32. The molecular formula is C20H24N2O3S. The van der Waals surface area contributed by atoms with Crippen molar-refractivity contribution in [3.8, 4) is 16.9 Å². The van der Waals surface area contributed by atoms with E-state index < -0.39 is 0 Å². The highest BCUT2D eigenvalue weighted by Gasteiger charge is 2.19. The van der Waals surface area contributed by atoms with Crippen LogP contribution in [-0.2, 0) is 4.79 Å². The average molecular weight is 372 g/mol. The van der Waals surface area contributed by atoms with Crippen LogP contribution in [0.25, 0.3) is 11.1 Å². The zero-order valence-corrected chi connectivity index (χ0v) is 16.0. The number of carbonyl (C=O) groups is 2. The molecule has 0 radical (unpaired) electrons. The summed E-state index contributed by atoms with van der Waals surface area (Å²) in [6, 6.07) is 9.80. The Kier molecular flexibility index (Phi) is 5.93. The van der Waals surface area contributed by atoms with Gasteiger partial charge in [0.15, 0.2) is 0 Å². The molecule has 2 heterocycles. The van der Waals surface area contributed by atoms with E-state index in [-0.39, 0.29) is 11.8 Å². The number of nitrogens with one attached hydrogen (secondary N) is 1. The van der Waals surface area contributed by atoms with E-state index in [1.165, 1.54) is 11.3 Å². The first-order chi connectivity index (χ1) is 12.6. The zero-order valence-electron chi connectivity index (χ0n) is 15.2. The topological polar surface area (TPSA) is 58.6 Å². The highest BCUT2D eigenvalue weighted by atomic mass is 32.1. The fourth-order valence-corrected chi connectivity index (χ4v) is 4.11. The Morgan fingerprint density at radius 1 is 1.31 bits per heavy atom. The SMILES string of the molecule is COc1ccc(-c2cc(C(=O)NCCCN3CCCC3=O)sc2C)cc1. The Balaban J connectivity index is 1.55. The molecule has 1 aromatic heterocycles. The van der Waals surface area contributed by atoms with Gasteiger partial charge in [-0.15, -0.1) is 11.3 Å². The summed E-state index contributed by atoms with van der Waals surface area (Å²) in [5.41, 5.74) is 2.15. The third kappa shape index (κ3) is 4.25. The second-order valence-electron chi connectivity index (χ2n) is 6.40. The maximum absolute atomic E-state index is 12.4. The number of carbonyl (C=O) groups excluding carboxylic acids is 2. The molecule has 2 amide bonds. The summed E-state index contributed by atoms with van der Waals surface area (Å²) in [5, 5.41) is 2.96. The number of likely N-dealkylation sites (tertiary alicyclic amines) is 1. The number of methoxy groups -OCH3 is 1. The van der Waals surface area contributed by atoms with Crippen LogP contribution in [0.15, 0.2) is 30.3 Å². The molecule has 0 saturated carbocycles. The van der Waals surface area contributed by atoms with Crippen LogP contribution in [0, 0.1) is 6.92 Å². The summed E-state index contributed by atoms with van der Waals surface area (Å²) in [7, 11) is 1.65. The molecule has 0 spiro atoms. The van der Waals surface area contributed by atoms with E-state index in [1.54, 1.807) is 7.11 Å². The van der Waals surface area contributed by atoms with Crippen molar-refractivity contribution < 1.29 is 14.3 Å². The highest BCUT2D eigenvalue weighted by molar-refractivity contribution is 7.14. The van der Waals surface area contributed by atoms with Gasteiger partial charge in [0.1, 0.15) is 5.75 Å². The normalized spacial score (nSPS) is 13.9. The van der Waals surface area contributed by atoms with Crippen LogP contribution < -0.4 is 10.1 Å². The fraction of sp³-hybridized carbons (Fsp3) is 0.400. The molecule has 0 aliphatic carbocycles. The van der Waals surface area contributed by atoms with Crippen LogP contribution >= 0.6 is 11.3 Å². The number of nitrogens with zero attached hydrogens (tertiary/aromatic N) is 1. The largest absolute Gasteiger partial charge is 0.497 e. The molecule has 26 heavy (non-hydrogen) atoms. The molecule has 6 heteroatoms. The Morgan fingerprint density at radius 2 is 2.08 bits per heavy atom. The smallest absolute Gasteiger partial charge is 0.261 e. The van der Waals surface area contributed by atoms with Crippen LogP contribution in [0.1, 0.15) is 33.8 Å². The second kappa shape index (κ2) is 8.36. The van der Waals surface area contributed by atoms with Gasteiger partial charge in [-0.2, -0.15) is 0 Å². The molecule has 2 aromatic rings. The van der Waals surface area contributed by atoms with Crippen molar-refractivity contribution in [2.75, 3.05) is 26.7 Å². The van der Waals surface area contributed by atoms with Gasteiger partial charge in [0.05, 0.1) is 12.0 Å². The molecule has 1 saturated heterocycles. The third-order valence-corrected chi connectivity index (χ3v) is 5.65. The predicted octanol–water partition coefficient (Wildman–Crippen LogP) is 3.47. The van der Waals surface area contributed by atoms with Crippen molar-refractivity contribution in [2.45, 2.75) is 26.2 Å². The number of aryl methyl sites for hydroxylation is 1. The first kappa shape index (κ1) is 18.5. The molecule has 138 valence electrons. The first-order valence-corrected chi connectivity index (χ1v) is 9.71. The number of thiophene rings is 1. The Bertz CT molecular complexity index is 783. The van der Waals surface area contributed by atoms with Crippen molar-refractivity contribution in [3.63, 3.8) is 0 Å². The summed E-state index contributed by atoms with van der Waals surface area (Å²) in [5.74, 6) is 0.996. The molecule has 5 nitrogen and oxygen atoms in total. The minimum absolute atomic E-state index is 0.0504. The van der Waals surface area contributed by atoms with Gasteiger partial charge in [0.2, 0.25) is 5.91 Å². The van der Waals surface area contributed by atoms with Gasteiger partial charge in [-0.25, -0.2) is 0 Å². The number of amides is 2. The quantitative estimate of drug-likeness (QED) is 0.757. The van der Waals surface area contributed by atoms with Crippen molar-refractivity contribution >= 4 is 23.2 Å². The summed E-state index contributed by atoms with van der Waals surface area (Å²) < 4.78 is 5.19. The van der Waals surface area contributed by atoms with E-state index in [0.717, 1.165) is 47.7 Å². The molecule has 1 aliphatic rings. The van der Waals surface area contributed by atoms with Crippen molar-refractivity contribution in [2.24, 2.45) is 0 Å². The molecule has 0 atom stereocenters. The Morgan fingerprint density at radius 3 is 2.73 bits per heavy atom. The molecule has 0 unspecified atom stereocenters. The maximum atomic E-state index is 12.4. The molecule has 1 N–H and O–H groups in total. The van der Waals surface area contributed by atoms with Gasteiger partial charge in [0, 0.05) is 30.9 Å². The van der Waals surface area contributed by atoms with Gasteiger partial charge in [-0.3, -0.25) is 9.59 Å². The summed E-state index contributed by atoms with van der Waals surface area (Å²) in [6.07, 6.45) is 2.40. The summed E-state index contributed by atoms with van der Waals surface area (Å²) in [6.45, 7) is 4.18. The lowest BCUT2D eigenvalue weighted by molar-refractivity contribution is -0.127. The molecule has 1 aromatic carbocycles. The number of hydrogen-bond acceptors (Lipinski definition) is 4. The van der Waals surface area contributed by atoms with Crippen LogP contribution in [0.3, 0.4) is 0 Å².